The number of hydrogen-bond donors (Lipinski definition) is 2. The maximum atomic E-state index is 12.1. The summed E-state index contributed by atoms with van der Waals surface area (Å²) in [6.07, 6.45) is 1.69. The lowest BCUT2D eigenvalue weighted by Gasteiger charge is -2.11. The molecule has 2 rings (SSSR count). The van der Waals surface area contributed by atoms with Gasteiger partial charge in [0, 0.05) is 23.0 Å². The Hall–Kier alpha value is -2.47. The molecule has 5 nitrogen and oxygen atoms in total. The van der Waals surface area contributed by atoms with Gasteiger partial charge < -0.3 is 10.6 Å². The fourth-order valence-corrected chi connectivity index (χ4v) is 3.61. The number of para-hydroxylation sites is 1. The predicted molar refractivity (Wildman–Crippen MR) is 110 cm³/mol. The topological polar surface area (TPSA) is 75.3 Å². The number of hydrogen-bond acceptors (Lipinski definition) is 3. The second kappa shape index (κ2) is 10.6. The molecule has 0 aliphatic heterocycles. The van der Waals surface area contributed by atoms with Crippen molar-refractivity contribution in [3.05, 3.63) is 65.2 Å². The monoisotopic (exact) mass is 386 g/mol. The van der Waals surface area contributed by atoms with Crippen molar-refractivity contribution in [1.29, 1.82) is 0 Å². The van der Waals surface area contributed by atoms with Gasteiger partial charge in [0.05, 0.1) is 0 Å². The van der Waals surface area contributed by atoms with E-state index in [1.807, 2.05) is 62.4 Å². The molecule has 0 aromatic heterocycles. The zero-order chi connectivity index (χ0) is 19.6. The van der Waals surface area contributed by atoms with Crippen molar-refractivity contribution in [2.45, 2.75) is 26.7 Å². The van der Waals surface area contributed by atoms with Gasteiger partial charge in [-0.25, -0.2) is 0 Å². The Morgan fingerprint density at radius 2 is 1.52 bits per heavy atom. The molecule has 144 valence electrons. The zero-order valence-corrected chi connectivity index (χ0v) is 16.6. The number of carbonyl (C=O) groups is 2. The molecule has 2 N–H and O–H groups in total. The highest BCUT2D eigenvalue weighted by molar-refractivity contribution is 7.86. The molecule has 2 aromatic carbocycles. The molecule has 0 spiro atoms. The lowest BCUT2D eigenvalue weighted by molar-refractivity contribution is -0.118. The highest BCUT2D eigenvalue weighted by Gasteiger charge is 2.14. The van der Waals surface area contributed by atoms with Crippen LogP contribution in [0.25, 0.3) is 0 Å². The summed E-state index contributed by atoms with van der Waals surface area (Å²) < 4.78 is 12.1. The van der Waals surface area contributed by atoms with E-state index in [0.29, 0.717) is 6.54 Å². The van der Waals surface area contributed by atoms with E-state index in [2.05, 4.69) is 10.6 Å². The van der Waals surface area contributed by atoms with Crippen LogP contribution in [0.1, 0.15) is 23.1 Å². The van der Waals surface area contributed by atoms with E-state index >= 15 is 0 Å². The van der Waals surface area contributed by atoms with Gasteiger partial charge in [-0.05, 0) is 43.4 Å². The second-order valence-corrected chi connectivity index (χ2v) is 7.94. The van der Waals surface area contributed by atoms with Gasteiger partial charge in [0.25, 0.3) is 0 Å². The van der Waals surface area contributed by atoms with Crippen molar-refractivity contribution < 1.29 is 13.8 Å². The van der Waals surface area contributed by atoms with Crippen molar-refractivity contribution in [3.63, 3.8) is 0 Å². The smallest absolute Gasteiger partial charge is 0.237 e. The van der Waals surface area contributed by atoms with Gasteiger partial charge in [0.1, 0.15) is 11.5 Å². The molecular formula is C21H26N2O3S. The molecule has 2 amide bonds. The van der Waals surface area contributed by atoms with Crippen LogP contribution >= 0.6 is 0 Å². The molecule has 0 aliphatic rings. The van der Waals surface area contributed by atoms with E-state index in [9.17, 15) is 13.8 Å². The van der Waals surface area contributed by atoms with Crippen molar-refractivity contribution in [2.24, 2.45) is 0 Å². The van der Waals surface area contributed by atoms with Crippen molar-refractivity contribution in [1.82, 2.24) is 5.32 Å². The summed E-state index contributed by atoms with van der Waals surface area (Å²) in [5.41, 5.74) is 3.86. The van der Waals surface area contributed by atoms with Crippen LogP contribution in [-0.2, 0) is 26.8 Å². The molecule has 0 saturated carbocycles. The maximum Gasteiger partial charge on any atom is 0.237 e. The SMILES string of the molecule is Cc1cccc(C)c1NC(=O)C[S@](=O)CC(=O)NCCCc1ccccc1. The van der Waals surface area contributed by atoms with Gasteiger partial charge in [0.15, 0.2) is 0 Å². The lowest BCUT2D eigenvalue weighted by Crippen LogP contribution is -2.32. The predicted octanol–water partition coefficient (Wildman–Crippen LogP) is 2.74. The fraction of sp³-hybridized carbons (Fsp3) is 0.333. The summed E-state index contributed by atoms with van der Waals surface area (Å²) in [4.78, 5) is 24.0. The van der Waals surface area contributed by atoms with Crippen LogP contribution in [0.15, 0.2) is 48.5 Å². The first-order valence-corrected chi connectivity index (χ1v) is 10.5. The molecule has 2 aromatic rings. The standard InChI is InChI=1S/C21H26N2O3S/c1-16-8-6-9-17(2)21(16)23-20(25)15-27(26)14-19(24)22-13-7-12-18-10-4-3-5-11-18/h3-6,8-11H,7,12-15H2,1-2H3,(H,22,24)(H,23,25)/t27-/m1/s1. The van der Waals surface area contributed by atoms with E-state index in [0.717, 1.165) is 29.7 Å². The van der Waals surface area contributed by atoms with Gasteiger partial charge in [0.2, 0.25) is 11.8 Å². The highest BCUT2D eigenvalue weighted by atomic mass is 32.2. The van der Waals surface area contributed by atoms with Gasteiger partial charge >= 0.3 is 0 Å². The fourth-order valence-electron chi connectivity index (χ4n) is 2.75. The first-order chi connectivity index (χ1) is 13.0. The average molecular weight is 387 g/mol. The normalized spacial score (nSPS) is 11.6. The van der Waals surface area contributed by atoms with Gasteiger partial charge in [-0.1, -0.05) is 48.5 Å². The molecule has 0 aliphatic carbocycles. The van der Waals surface area contributed by atoms with Crippen molar-refractivity contribution in [3.8, 4) is 0 Å². The Kier molecular flexibility index (Phi) is 8.20. The van der Waals surface area contributed by atoms with Crippen molar-refractivity contribution in [2.75, 3.05) is 23.4 Å². The summed E-state index contributed by atoms with van der Waals surface area (Å²) in [5, 5.41) is 5.55. The van der Waals surface area contributed by atoms with Crippen molar-refractivity contribution >= 4 is 28.3 Å². The molecule has 0 heterocycles. The summed E-state index contributed by atoms with van der Waals surface area (Å²) in [7, 11) is -1.53. The van der Waals surface area contributed by atoms with Crippen LogP contribution in [0.5, 0.6) is 0 Å². The third-order valence-electron chi connectivity index (χ3n) is 4.14. The number of carbonyl (C=O) groups excluding carboxylic acids is 2. The van der Waals surface area contributed by atoms with E-state index in [4.69, 9.17) is 0 Å². The van der Waals surface area contributed by atoms with E-state index < -0.39 is 10.8 Å². The molecule has 0 bridgehead atoms. The number of nitrogens with one attached hydrogen (secondary N) is 2. The van der Waals surface area contributed by atoms with Crippen LogP contribution in [0, 0.1) is 13.8 Å². The molecule has 0 saturated heterocycles. The maximum absolute atomic E-state index is 12.1. The third-order valence-corrected chi connectivity index (χ3v) is 5.31. The Labute approximate surface area is 163 Å². The Balaban J connectivity index is 1.68. The quantitative estimate of drug-likeness (QED) is 0.651. The van der Waals surface area contributed by atoms with Crippen LogP contribution < -0.4 is 10.6 Å². The molecule has 0 unspecified atom stereocenters. The first kappa shape index (κ1) is 20.8. The highest BCUT2D eigenvalue weighted by Crippen LogP contribution is 2.19. The average Bonchev–Trinajstić information content (AvgIpc) is 2.63. The molecule has 27 heavy (non-hydrogen) atoms. The summed E-state index contributed by atoms with van der Waals surface area (Å²) >= 11 is 0. The Morgan fingerprint density at radius 3 is 2.19 bits per heavy atom. The molecule has 6 heteroatoms. The van der Waals surface area contributed by atoms with E-state index in [1.165, 1.54) is 5.56 Å². The second-order valence-electron chi connectivity index (χ2n) is 6.48. The minimum absolute atomic E-state index is 0.161. The Morgan fingerprint density at radius 1 is 0.889 bits per heavy atom. The number of amides is 2. The summed E-state index contributed by atoms with van der Waals surface area (Å²) in [6, 6.07) is 15.8. The molecule has 1 atom stereocenters. The van der Waals surface area contributed by atoms with E-state index in [-0.39, 0.29) is 23.3 Å². The minimum Gasteiger partial charge on any atom is -0.355 e. The van der Waals surface area contributed by atoms with Gasteiger partial charge in [-0.15, -0.1) is 0 Å². The first-order valence-electron chi connectivity index (χ1n) is 8.97. The van der Waals surface area contributed by atoms with Crippen LogP contribution in [0.2, 0.25) is 0 Å². The van der Waals surface area contributed by atoms with Crippen LogP contribution in [0.4, 0.5) is 5.69 Å². The molecular weight excluding hydrogens is 360 g/mol. The summed E-state index contributed by atoms with van der Waals surface area (Å²) in [6.45, 7) is 4.34. The van der Waals surface area contributed by atoms with Crippen LogP contribution in [0.3, 0.4) is 0 Å². The van der Waals surface area contributed by atoms with Crippen LogP contribution in [-0.4, -0.2) is 34.1 Å². The molecule has 0 radical (unpaired) electrons. The lowest BCUT2D eigenvalue weighted by atomic mass is 10.1. The zero-order valence-electron chi connectivity index (χ0n) is 15.8. The van der Waals surface area contributed by atoms with Gasteiger partial charge in [-0.2, -0.15) is 0 Å². The largest absolute Gasteiger partial charge is 0.355 e. The number of anilines is 1. The number of benzene rings is 2. The third kappa shape index (κ3) is 7.35. The molecule has 0 fully saturated rings. The minimum atomic E-state index is -1.53. The summed E-state index contributed by atoms with van der Waals surface area (Å²) in [5.74, 6) is -0.986. The van der Waals surface area contributed by atoms with Gasteiger partial charge in [-0.3, -0.25) is 13.8 Å². The number of aryl methyl sites for hydroxylation is 3. The van der Waals surface area contributed by atoms with E-state index in [1.54, 1.807) is 0 Å². The Bertz CT molecular complexity index is 786. The number of rotatable bonds is 9.